The molecule has 18 heavy (non-hydrogen) atoms. The predicted molar refractivity (Wildman–Crippen MR) is 69.4 cm³/mol. The Balaban J connectivity index is 1.99. The maximum atomic E-state index is 12.9. The van der Waals surface area contributed by atoms with Crippen LogP contribution in [0.25, 0.3) is 0 Å². The number of carbonyl (C=O) groups excluding carboxylic acids is 1. The Morgan fingerprint density at radius 1 is 1.44 bits per heavy atom. The second-order valence-corrected chi connectivity index (χ2v) is 5.08. The second kappa shape index (κ2) is 5.67. The molecule has 0 atom stereocenters. The highest BCUT2D eigenvalue weighted by Gasteiger charge is 2.20. The Kier molecular flexibility index (Phi) is 4.19. The number of rotatable bonds is 2. The van der Waals surface area contributed by atoms with Gasteiger partial charge in [0.15, 0.2) is 0 Å². The van der Waals surface area contributed by atoms with Gasteiger partial charge in [-0.05, 0) is 51.2 Å². The van der Waals surface area contributed by atoms with E-state index in [1.165, 1.54) is 12.1 Å². The lowest BCUT2D eigenvalue weighted by Gasteiger charge is -2.29. The number of hydrogen-bond donors (Lipinski definition) is 1. The van der Waals surface area contributed by atoms with E-state index in [0.29, 0.717) is 5.56 Å². The quantitative estimate of drug-likeness (QED) is 0.894. The first-order chi connectivity index (χ1) is 8.56. The van der Waals surface area contributed by atoms with Crippen molar-refractivity contribution in [3.05, 3.63) is 34.6 Å². The zero-order valence-corrected chi connectivity index (χ0v) is 11.0. The van der Waals surface area contributed by atoms with Crippen molar-refractivity contribution in [3.63, 3.8) is 0 Å². The van der Waals surface area contributed by atoms with E-state index in [0.717, 1.165) is 32.0 Å². The van der Waals surface area contributed by atoms with Crippen molar-refractivity contribution in [2.75, 3.05) is 20.1 Å². The number of amides is 1. The molecule has 1 aromatic rings. The number of nitrogens with zero attached hydrogens (tertiary/aromatic N) is 1. The Morgan fingerprint density at radius 2 is 2.11 bits per heavy atom. The number of halogens is 2. The summed E-state index contributed by atoms with van der Waals surface area (Å²) in [7, 11) is 2.06. The van der Waals surface area contributed by atoms with Crippen LogP contribution in [0.1, 0.15) is 23.2 Å². The van der Waals surface area contributed by atoms with Crippen LogP contribution in [0.4, 0.5) is 4.39 Å². The van der Waals surface area contributed by atoms with E-state index in [4.69, 9.17) is 11.6 Å². The summed E-state index contributed by atoms with van der Waals surface area (Å²) in [5.74, 6) is -0.662. The van der Waals surface area contributed by atoms with E-state index in [1.807, 2.05) is 0 Å². The van der Waals surface area contributed by atoms with Crippen LogP contribution in [0.5, 0.6) is 0 Å². The lowest BCUT2D eigenvalue weighted by atomic mass is 10.0. The van der Waals surface area contributed by atoms with Crippen molar-refractivity contribution in [1.29, 1.82) is 0 Å². The minimum atomic E-state index is -0.434. The molecule has 0 aliphatic carbocycles. The summed E-state index contributed by atoms with van der Waals surface area (Å²) in [5, 5.41) is 3.10. The van der Waals surface area contributed by atoms with Crippen LogP contribution >= 0.6 is 11.6 Å². The molecule has 0 radical (unpaired) electrons. The van der Waals surface area contributed by atoms with Crippen LogP contribution in [0.15, 0.2) is 18.2 Å². The highest BCUT2D eigenvalue weighted by atomic mass is 35.5. The van der Waals surface area contributed by atoms with E-state index < -0.39 is 5.82 Å². The molecule has 0 saturated carbocycles. The number of likely N-dealkylation sites (tertiary alicyclic amines) is 1. The summed E-state index contributed by atoms with van der Waals surface area (Å²) in [5.41, 5.74) is 0.331. The fourth-order valence-corrected chi connectivity index (χ4v) is 2.34. The highest BCUT2D eigenvalue weighted by molar-refractivity contribution is 6.33. The summed E-state index contributed by atoms with van der Waals surface area (Å²) < 4.78 is 12.9. The Morgan fingerprint density at radius 3 is 2.72 bits per heavy atom. The number of piperidine rings is 1. The van der Waals surface area contributed by atoms with Gasteiger partial charge in [-0.2, -0.15) is 0 Å². The monoisotopic (exact) mass is 270 g/mol. The van der Waals surface area contributed by atoms with Crippen molar-refractivity contribution in [1.82, 2.24) is 10.2 Å². The molecule has 2 rings (SSSR count). The Labute approximate surface area is 111 Å². The molecule has 0 bridgehead atoms. The molecule has 0 unspecified atom stereocenters. The van der Waals surface area contributed by atoms with Gasteiger partial charge in [-0.3, -0.25) is 4.79 Å². The lowest BCUT2D eigenvalue weighted by molar-refractivity contribution is 0.0917. The smallest absolute Gasteiger partial charge is 0.253 e. The van der Waals surface area contributed by atoms with Gasteiger partial charge in [0.2, 0.25) is 0 Å². The van der Waals surface area contributed by atoms with Gasteiger partial charge >= 0.3 is 0 Å². The van der Waals surface area contributed by atoms with E-state index in [9.17, 15) is 9.18 Å². The van der Waals surface area contributed by atoms with Gasteiger partial charge in [0.25, 0.3) is 5.91 Å². The third-order valence-corrected chi connectivity index (χ3v) is 3.54. The van der Waals surface area contributed by atoms with Crippen LogP contribution in [0, 0.1) is 5.82 Å². The fourth-order valence-electron chi connectivity index (χ4n) is 2.09. The molecule has 1 aliphatic rings. The zero-order valence-electron chi connectivity index (χ0n) is 10.2. The minimum Gasteiger partial charge on any atom is -0.349 e. The highest BCUT2D eigenvalue weighted by Crippen LogP contribution is 2.18. The van der Waals surface area contributed by atoms with Crippen LogP contribution in [0.2, 0.25) is 5.02 Å². The molecule has 1 N–H and O–H groups in total. The van der Waals surface area contributed by atoms with Crippen molar-refractivity contribution in [2.45, 2.75) is 18.9 Å². The number of carbonyl (C=O) groups is 1. The molecule has 5 heteroatoms. The third kappa shape index (κ3) is 3.21. The van der Waals surface area contributed by atoms with Crippen molar-refractivity contribution in [2.24, 2.45) is 0 Å². The molecule has 1 amide bonds. The van der Waals surface area contributed by atoms with E-state index in [2.05, 4.69) is 17.3 Å². The van der Waals surface area contributed by atoms with Crippen LogP contribution < -0.4 is 5.32 Å². The molecule has 0 aromatic heterocycles. The summed E-state index contributed by atoms with van der Waals surface area (Å²) in [6, 6.07) is 4.00. The van der Waals surface area contributed by atoms with E-state index in [-0.39, 0.29) is 17.0 Å². The molecule has 1 heterocycles. The van der Waals surface area contributed by atoms with Crippen molar-refractivity contribution >= 4 is 17.5 Å². The molecule has 1 aliphatic heterocycles. The molecular formula is C13H16ClFN2O. The number of hydrogen-bond acceptors (Lipinski definition) is 2. The molecule has 98 valence electrons. The van der Waals surface area contributed by atoms with Crippen molar-refractivity contribution < 1.29 is 9.18 Å². The van der Waals surface area contributed by atoms with Gasteiger partial charge in [-0.25, -0.2) is 4.39 Å². The topological polar surface area (TPSA) is 32.3 Å². The van der Waals surface area contributed by atoms with Crippen LogP contribution in [0.3, 0.4) is 0 Å². The lowest BCUT2D eigenvalue weighted by Crippen LogP contribution is -2.43. The van der Waals surface area contributed by atoms with Gasteiger partial charge in [-0.15, -0.1) is 0 Å². The molecule has 1 fully saturated rings. The van der Waals surface area contributed by atoms with E-state index in [1.54, 1.807) is 0 Å². The fraction of sp³-hybridized carbons (Fsp3) is 0.462. The maximum Gasteiger partial charge on any atom is 0.253 e. The average Bonchev–Trinajstić information content (AvgIpc) is 2.32. The van der Waals surface area contributed by atoms with Gasteiger partial charge in [0.1, 0.15) is 5.82 Å². The normalized spacial score (nSPS) is 17.7. The van der Waals surface area contributed by atoms with Crippen molar-refractivity contribution in [3.8, 4) is 0 Å². The summed E-state index contributed by atoms with van der Waals surface area (Å²) in [6.07, 6.45) is 1.86. The first kappa shape index (κ1) is 13.3. The predicted octanol–water partition coefficient (Wildman–Crippen LogP) is 2.30. The zero-order chi connectivity index (χ0) is 13.1. The van der Waals surface area contributed by atoms with Gasteiger partial charge in [0.05, 0.1) is 10.6 Å². The summed E-state index contributed by atoms with van der Waals surface area (Å²) in [4.78, 5) is 14.2. The Bertz CT molecular complexity index is 445. The minimum absolute atomic E-state index is 0.153. The summed E-state index contributed by atoms with van der Waals surface area (Å²) >= 11 is 5.86. The van der Waals surface area contributed by atoms with Gasteiger partial charge in [0, 0.05) is 6.04 Å². The molecule has 1 aromatic carbocycles. The van der Waals surface area contributed by atoms with Crippen LogP contribution in [-0.2, 0) is 0 Å². The number of benzene rings is 1. The molecule has 1 saturated heterocycles. The maximum absolute atomic E-state index is 12.9. The second-order valence-electron chi connectivity index (χ2n) is 4.68. The summed E-state index contributed by atoms with van der Waals surface area (Å²) in [6.45, 7) is 1.95. The average molecular weight is 271 g/mol. The number of nitrogens with one attached hydrogen (secondary N) is 1. The molecule has 0 spiro atoms. The van der Waals surface area contributed by atoms with Crippen LogP contribution in [-0.4, -0.2) is 37.0 Å². The third-order valence-electron chi connectivity index (χ3n) is 3.23. The first-order valence-electron chi connectivity index (χ1n) is 6.00. The van der Waals surface area contributed by atoms with Gasteiger partial charge < -0.3 is 10.2 Å². The van der Waals surface area contributed by atoms with Gasteiger partial charge in [-0.1, -0.05) is 11.6 Å². The van der Waals surface area contributed by atoms with E-state index >= 15 is 0 Å². The standard InChI is InChI=1S/C13H16ClFN2O/c1-17-6-4-10(5-7-17)16-13(18)11-3-2-9(15)8-12(11)14/h2-3,8,10H,4-7H2,1H3,(H,16,18). The first-order valence-corrected chi connectivity index (χ1v) is 6.38. The SMILES string of the molecule is CN1CCC(NC(=O)c2ccc(F)cc2Cl)CC1. The molecule has 3 nitrogen and oxygen atoms in total. The Hall–Kier alpha value is -1.13. The largest absolute Gasteiger partial charge is 0.349 e. The molecular weight excluding hydrogens is 255 g/mol.